The maximum absolute atomic E-state index is 7.31. The van der Waals surface area contributed by atoms with Crippen LogP contribution in [0.4, 0.5) is 5.82 Å². The van der Waals surface area contributed by atoms with Crippen LogP contribution in [-0.2, 0) is 0 Å². The minimum absolute atomic E-state index is 0.501. The number of aromatic nitrogens is 4. The molecule has 1 fully saturated rings. The highest BCUT2D eigenvalue weighted by atomic mass is 15.1. The smallest absolute Gasteiger partial charge is 0.254 e. The van der Waals surface area contributed by atoms with Gasteiger partial charge in [0.1, 0.15) is 0 Å². The quantitative estimate of drug-likeness (QED) is 0.500. The first-order valence-corrected chi connectivity index (χ1v) is 8.61. The molecule has 0 radical (unpaired) electrons. The van der Waals surface area contributed by atoms with E-state index in [2.05, 4.69) is 26.9 Å². The molecule has 0 atom stereocenters. The summed E-state index contributed by atoms with van der Waals surface area (Å²) in [6.07, 6.45) is 7.78. The van der Waals surface area contributed by atoms with Crippen LogP contribution < -0.4 is 0 Å². The molecular formula is C21H15N5. The summed E-state index contributed by atoms with van der Waals surface area (Å²) < 4.78 is 1.81. The molecule has 1 aliphatic carbocycles. The number of hydrogen-bond donors (Lipinski definition) is 0. The third-order valence-electron chi connectivity index (χ3n) is 4.73. The van der Waals surface area contributed by atoms with Crippen molar-refractivity contribution in [3.05, 3.63) is 78.2 Å². The highest BCUT2D eigenvalue weighted by Gasteiger charge is 2.25. The van der Waals surface area contributed by atoms with E-state index in [0.717, 1.165) is 33.9 Å². The molecule has 0 unspecified atom stereocenters. The molecule has 124 valence electrons. The first-order chi connectivity index (χ1) is 12.8. The number of rotatable bonds is 3. The molecule has 0 N–H and O–H groups in total. The van der Waals surface area contributed by atoms with Gasteiger partial charge < -0.3 is 4.85 Å². The van der Waals surface area contributed by atoms with Crippen LogP contribution in [0.2, 0.25) is 0 Å². The summed E-state index contributed by atoms with van der Waals surface area (Å²) in [5.41, 5.74) is 5.65. The highest BCUT2D eigenvalue weighted by molar-refractivity contribution is 5.79. The van der Waals surface area contributed by atoms with Crippen LogP contribution in [0.3, 0.4) is 0 Å². The van der Waals surface area contributed by atoms with E-state index in [1.807, 2.05) is 40.9 Å². The Kier molecular flexibility index (Phi) is 3.29. The topological polar surface area (TPSA) is 47.4 Å². The van der Waals surface area contributed by atoms with Crippen molar-refractivity contribution >= 4 is 11.5 Å². The van der Waals surface area contributed by atoms with Crippen LogP contribution in [0.5, 0.6) is 0 Å². The maximum atomic E-state index is 7.31. The van der Waals surface area contributed by atoms with Crippen molar-refractivity contribution in [3.63, 3.8) is 0 Å². The summed E-state index contributed by atoms with van der Waals surface area (Å²) in [4.78, 5) is 17.3. The van der Waals surface area contributed by atoms with Gasteiger partial charge in [-0.3, -0.25) is 9.97 Å². The molecule has 5 heteroatoms. The summed E-state index contributed by atoms with van der Waals surface area (Å²) in [5.74, 6) is 1.10. The average molecular weight is 337 g/mol. The van der Waals surface area contributed by atoms with E-state index in [-0.39, 0.29) is 0 Å². The lowest BCUT2D eigenvalue weighted by Crippen LogP contribution is -1.95. The van der Waals surface area contributed by atoms with E-state index in [9.17, 15) is 0 Å². The molecule has 4 heterocycles. The molecule has 0 spiro atoms. The molecule has 0 bridgehead atoms. The number of pyridine rings is 3. The molecule has 0 aliphatic heterocycles. The zero-order valence-corrected chi connectivity index (χ0v) is 14.0. The van der Waals surface area contributed by atoms with Gasteiger partial charge in [0.05, 0.1) is 23.8 Å². The van der Waals surface area contributed by atoms with Gasteiger partial charge in [0, 0.05) is 35.0 Å². The van der Waals surface area contributed by atoms with Gasteiger partial charge in [0.25, 0.3) is 5.82 Å². The zero-order chi connectivity index (χ0) is 17.5. The predicted octanol–water partition coefficient (Wildman–Crippen LogP) is 4.89. The van der Waals surface area contributed by atoms with Crippen LogP contribution in [0.1, 0.15) is 24.5 Å². The number of nitrogens with zero attached hydrogens (tertiary/aromatic N) is 5. The summed E-state index contributed by atoms with van der Waals surface area (Å²) in [6.45, 7) is 7.31. The van der Waals surface area contributed by atoms with Crippen molar-refractivity contribution in [2.24, 2.45) is 0 Å². The second kappa shape index (κ2) is 5.78. The highest BCUT2D eigenvalue weighted by Crippen LogP contribution is 2.40. The molecule has 1 aliphatic rings. The Morgan fingerprint density at radius 1 is 1.04 bits per heavy atom. The van der Waals surface area contributed by atoms with Crippen molar-refractivity contribution in [2.45, 2.75) is 18.8 Å². The van der Waals surface area contributed by atoms with Gasteiger partial charge >= 0.3 is 0 Å². The van der Waals surface area contributed by atoms with Crippen LogP contribution in [0.25, 0.3) is 33.0 Å². The Labute approximate surface area is 150 Å². The third kappa shape index (κ3) is 2.44. The van der Waals surface area contributed by atoms with Crippen molar-refractivity contribution in [1.82, 2.24) is 19.4 Å². The number of fused-ring (bicyclic) bond motifs is 1. The molecular weight excluding hydrogens is 322 g/mol. The van der Waals surface area contributed by atoms with E-state index in [1.165, 1.54) is 12.8 Å². The zero-order valence-electron chi connectivity index (χ0n) is 14.0. The number of imidazole rings is 1. The summed E-state index contributed by atoms with van der Waals surface area (Å²) in [6, 6.07) is 14.1. The van der Waals surface area contributed by atoms with E-state index in [4.69, 9.17) is 11.6 Å². The van der Waals surface area contributed by atoms with Crippen LogP contribution >= 0.6 is 0 Å². The van der Waals surface area contributed by atoms with Gasteiger partial charge in [-0.15, -0.1) is 0 Å². The van der Waals surface area contributed by atoms with Gasteiger partial charge in [0.15, 0.2) is 0 Å². The van der Waals surface area contributed by atoms with Gasteiger partial charge in [0.2, 0.25) is 5.65 Å². The minimum Gasteiger partial charge on any atom is -0.362 e. The fraction of sp³-hybridized carbons (Fsp3) is 0.143. The van der Waals surface area contributed by atoms with Crippen molar-refractivity contribution in [3.8, 4) is 22.5 Å². The van der Waals surface area contributed by atoms with E-state index in [1.54, 1.807) is 12.4 Å². The maximum Gasteiger partial charge on any atom is 0.254 e. The standard InChI is InChI=1S/C21H15N5/c1-22-20-12-24-19-10-9-15(13-26(19)20)16-4-3-11-23-21(16)18-6-2-5-17(25-18)14-7-8-14/h2-6,9-14H,7-8H2. The first kappa shape index (κ1) is 14.8. The fourth-order valence-corrected chi connectivity index (χ4v) is 3.24. The second-order valence-electron chi connectivity index (χ2n) is 6.50. The first-order valence-electron chi connectivity index (χ1n) is 8.61. The summed E-state index contributed by atoms with van der Waals surface area (Å²) in [7, 11) is 0. The Bertz CT molecular complexity index is 1160. The van der Waals surface area contributed by atoms with Gasteiger partial charge in [-0.05, 0) is 37.1 Å². The second-order valence-corrected chi connectivity index (χ2v) is 6.50. The van der Waals surface area contributed by atoms with Gasteiger partial charge in [-0.2, -0.15) is 0 Å². The van der Waals surface area contributed by atoms with Crippen molar-refractivity contribution in [1.29, 1.82) is 0 Å². The SMILES string of the molecule is [C-]#[N+]c1cnc2ccc(-c3cccnc3-c3cccc(C4CC4)n3)cn12. The lowest BCUT2D eigenvalue weighted by Gasteiger charge is -2.09. The lowest BCUT2D eigenvalue weighted by molar-refractivity contribution is 1.02. The van der Waals surface area contributed by atoms with Crippen molar-refractivity contribution < 1.29 is 0 Å². The molecule has 5 rings (SSSR count). The molecule has 4 aromatic heterocycles. The molecule has 0 aromatic carbocycles. The summed E-state index contributed by atoms with van der Waals surface area (Å²) >= 11 is 0. The Balaban J connectivity index is 1.67. The predicted molar refractivity (Wildman–Crippen MR) is 99.9 cm³/mol. The lowest BCUT2D eigenvalue weighted by atomic mass is 10.0. The molecule has 5 nitrogen and oxygen atoms in total. The van der Waals surface area contributed by atoms with E-state index in [0.29, 0.717) is 11.7 Å². The molecule has 4 aromatic rings. The fourth-order valence-electron chi connectivity index (χ4n) is 3.24. The molecule has 0 saturated heterocycles. The van der Waals surface area contributed by atoms with Gasteiger partial charge in [-0.25, -0.2) is 9.38 Å². The Morgan fingerprint density at radius 2 is 1.96 bits per heavy atom. The van der Waals surface area contributed by atoms with E-state index >= 15 is 0 Å². The third-order valence-corrected chi connectivity index (χ3v) is 4.73. The molecule has 0 amide bonds. The summed E-state index contributed by atoms with van der Waals surface area (Å²) in [5, 5.41) is 0. The normalized spacial score (nSPS) is 13.7. The minimum atomic E-state index is 0.501. The number of hydrogen-bond acceptors (Lipinski definition) is 3. The van der Waals surface area contributed by atoms with Crippen LogP contribution in [0.15, 0.2) is 61.1 Å². The van der Waals surface area contributed by atoms with E-state index < -0.39 is 0 Å². The van der Waals surface area contributed by atoms with Gasteiger partial charge in [-0.1, -0.05) is 18.7 Å². The van der Waals surface area contributed by atoms with Crippen LogP contribution in [0, 0.1) is 6.57 Å². The average Bonchev–Trinajstić information content (AvgIpc) is 3.48. The monoisotopic (exact) mass is 337 g/mol. The Hall–Kier alpha value is -3.52. The van der Waals surface area contributed by atoms with Crippen molar-refractivity contribution in [2.75, 3.05) is 0 Å². The van der Waals surface area contributed by atoms with Crippen LogP contribution in [-0.4, -0.2) is 19.4 Å². The largest absolute Gasteiger partial charge is 0.362 e. The molecule has 26 heavy (non-hydrogen) atoms. The Morgan fingerprint density at radius 3 is 2.81 bits per heavy atom. The molecule has 1 saturated carbocycles.